The van der Waals surface area contributed by atoms with Gasteiger partial charge in [0.15, 0.2) is 0 Å². The van der Waals surface area contributed by atoms with Gasteiger partial charge in [0.1, 0.15) is 0 Å². The smallest absolute Gasteiger partial charge is 0.227 e. The summed E-state index contributed by atoms with van der Waals surface area (Å²) in [6, 6.07) is 0.340. The summed E-state index contributed by atoms with van der Waals surface area (Å²) in [5, 5.41) is 12.0. The SMILES string of the molecule is CC(C)(C)C(=O)N1CCCC(NCCO)C1. The van der Waals surface area contributed by atoms with E-state index in [1.807, 2.05) is 25.7 Å². The van der Waals surface area contributed by atoms with Crippen molar-refractivity contribution in [1.82, 2.24) is 10.2 Å². The van der Waals surface area contributed by atoms with Gasteiger partial charge in [0.25, 0.3) is 0 Å². The average Bonchev–Trinajstić information content (AvgIpc) is 2.24. The standard InChI is InChI=1S/C12H24N2O2/c1-12(2,3)11(16)14-7-4-5-10(9-14)13-6-8-15/h10,13,15H,4-9H2,1-3H3. The van der Waals surface area contributed by atoms with E-state index >= 15 is 0 Å². The van der Waals surface area contributed by atoms with Gasteiger partial charge in [-0.05, 0) is 12.8 Å². The Morgan fingerprint density at radius 1 is 1.50 bits per heavy atom. The van der Waals surface area contributed by atoms with E-state index in [-0.39, 0.29) is 17.9 Å². The van der Waals surface area contributed by atoms with Crippen LogP contribution < -0.4 is 5.32 Å². The summed E-state index contributed by atoms with van der Waals surface area (Å²) in [4.78, 5) is 14.0. The second kappa shape index (κ2) is 5.64. The minimum absolute atomic E-state index is 0.156. The molecule has 4 heteroatoms. The van der Waals surface area contributed by atoms with Gasteiger partial charge in [-0.1, -0.05) is 20.8 Å². The van der Waals surface area contributed by atoms with Crippen molar-refractivity contribution in [3.8, 4) is 0 Å². The van der Waals surface area contributed by atoms with Crippen molar-refractivity contribution >= 4 is 5.91 Å². The van der Waals surface area contributed by atoms with Crippen molar-refractivity contribution in [2.24, 2.45) is 5.41 Å². The zero-order chi connectivity index (χ0) is 12.2. The van der Waals surface area contributed by atoms with Gasteiger partial charge in [0.2, 0.25) is 5.91 Å². The average molecular weight is 228 g/mol. The molecule has 1 unspecified atom stereocenters. The van der Waals surface area contributed by atoms with E-state index in [2.05, 4.69) is 5.32 Å². The highest BCUT2D eigenvalue weighted by molar-refractivity contribution is 5.81. The number of likely N-dealkylation sites (tertiary alicyclic amines) is 1. The zero-order valence-corrected chi connectivity index (χ0v) is 10.6. The molecule has 1 aliphatic heterocycles. The Morgan fingerprint density at radius 2 is 2.19 bits per heavy atom. The number of hydrogen-bond acceptors (Lipinski definition) is 3. The van der Waals surface area contributed by atoms with Crippen LogP contribution in [-0.4, -0.2) is 48.2 Å². The molecule has 1 aliphatic rings. The number of carbonyl (C=O) groups excluding carboxylic acids is 1. The molecular formula is C12H24N2O2. The molecule has 0 aromatic rings. The number of aliphatic hydroxyl groups excluding tert-OH is 1. The number of hydrogen-bond donors (Lipinski definition) is 2. The molecule has 94 valence electrons. The molecule has 0 spiro atoms. The summed E-state index contributed by atoms with van der Waals surface area (Å²) in [7, 11) is 0. The van der Waals surface area contributed by atoms with Crippen LogP contribution in [-0.2, 0) is 4.79 Å². The maximum absolute atomic E-state index is 12.1. The van der Waals surface area contributed by atoms with Gasteiger partial charge in [-0.25, -0.2) is 0 Å². The molecule has 4 nitrogen and oxygen atoms in total. The third-order valence-corrected chi connectivity index (χ3v) is 2.90. The molecule has 1 saturated heterocycles. The molecule has 0 aromatic carbocycles. The van der Waals surface area contributed by atoms with Crippen molar-refractivity contribution in [3.05, 3.63) is 0 Å². The molecule has 0 aromatic heterocycles. The maximum Gasteiger partial charge on any atom is 0.227 e. The highest BCUT2D eigenvalue weighted by atomic mass is 16.3. The monoisotopic (exact) mass is 228 g/mol. The molecule has 1 fully saturated rings. The quantitative estimate of drug-likeness (QED) is 0.744. The normalized spacial score (nSPS) is 22.2. The van der Waals surface area contributed by atoms with Gasteiger partial charge in [0.05, 0.1) is 6.61 Å². The maximum atomic E-state index is 12.1. The topological polar surface area (TPSA) is 52.6 Å². The summed E-state index contributed by atoms with van der Waals surface area (Å²) in [5.74, 6) is 0.225. The molecule has 0 aliphatic carbocycles. The summed E-state index contributed by atoms with van der Waals surface area (Å²) < 4.78 is 0. The fraction of sp³-hybridized carbons (Fsp3) is 0.917. The number of nitrogens with one attached hydrogen (secondary N) is 1. The van der Waals surface area contributed by atoms with Crippen LogP contribution in [0.4, 0.5) is 0 Å². The Kier molecular flexibility index (Phi) is 4.74. The lowest BCUT2D eigenvalue weighted by molar-refractivity contribution is -0.140. The Bertz CT molecular complexity index is 236. The lowest BCUT2D eigenvalue weighted by atomic mass is 9.93. The van der Waals surface area contributed by atoms with Crippen LogP contribution in [0.5, 0.6) is 0 Å². The van der Waals surface area contributed by atoms with E-state index in [9.17, 15) is 4.79 Å². The van der Waals surface area contributed by atoms with E-state index in [4.69, 9.17) is 5.11 Å². The lowest BCUT2D eigenvalue weighted by Crippen LogP contribution is -2.51. The Labute approximate surface area is 98.0 Å². The summed E-state index contributed by atoms with van der Waals surface area (Å²) >= 11 is 0. The van der Waals surface area contributed by atoms with Gasteiger partial charge >= 0.3 is 0 Å². The van der Waals surface area contributed by atoms with E-state index in [0.29, 0.717) is 12.6 Å². The van der Waals surface area contributed by atoms with Crippen LogP contribution in [0.3, 0.4) is 0 Å². The van der Waals surface area contributed by atoms with E-state index in [0.717, 1.165) is 25.9 Å². The summed E-state index contributed by atoms with van der Waals surface area (Å²) in [5.41, 5.74) is -0.293. The van der Waals surface area contributed by atoms with Crippen molar-refractivity contribution in [3.63, 3.8) is 0 Å². The Hall–Kier alpha value is -0.610. The Balaban J connectivity index is 2.47. The second-order valence-corrected chi connectivity index (χ2v) is 5.52. The first-order valence-corrected chi connectivity index (χ1v) is 6.09. The fourth-order valence-electron chi connectivity index (χ4n) is 2.07. The number of nitrogens with zero attached hydrogens (tertiary/aromatic N) is 1. The zero-order valence-electron chi connectivity index (χ0n) is 10.6. The van der Waals surface area contributed by atoms with Crippen LogP contribution in [0.25, 0.3) is 0 Å². The van der Waals surface area contributed by atoms with Crippen LogP contribution in [0, 0.1) is 5.41 Å². The number of amides is 1. The minimum Gasteiger partial charge on any atom is -0.395 e. The minimum atomic E-state index is -0.293. The lowest BCUT2D eigenvalue weighted by Gasteiger charge is -2.36. The number of rotatable bonds is 3. The largest absolute Gasteiger partial charge is 0.395 e. The third kappa shape index (κ3) is 3.76. The molecule has 2 N–H and O–H groups in total. The van der Waals surface area contributed by atoms with Gasteiger partial charge in [-0.15, -0.1) is 0 Å². The molecule has 1 amide bonds. The third-order valence-electron chi connectivity index (χ3n) is 2.90. The van der Waals surface area contributed by atoms with Crippen molar-refractivity contribution in [1.29, 1.82) is 0 Å². The molecule has 1 heterocycles. The molecule has 1 rings (SSSR count). The van der Waals surface area contributed by atoms with Gasteiger partial charge in [0, 0.05) is 31.1 Å². The first kappa shape index (κ1) is 13.5. The van der Waals surface area contributed by atoms with E-state index in [1.54, 1.807) is 0 Å². The molecule has 0 bridgehead atoms. The predicted molar refractivity (Wildman–Crippen MR) is 64.1 cm³/mol. The van der Waals surface area contributed by atoms with Gasteiger partial charge < -0.3 is 15.3 Å². The predicted octanol–water partition coefficient (Wildman–Crippen LogP) is 0.605. The summed E-state index contributed by atoms with van der Waals surface area (Å²) in [6.07, 6.45) is 2.14. The van der Waals surface area contributed by atoms with Crippen LogP contribution in [0.2, 0.25) is 0 Å². The highest BCUT2D eigenvalue weighted by Gasteiger charge is 2.30. The van der Waals surface area contributed by atoms with E-state index in [1.165, 1.54) is 0 Å². The fourth-order valence-corrected chi connectivity index (χ4v) is 2.07. The second-order valence-electron chi connectivity index (χ2n) is 5.52. The molecule has 0 radical (unpaired) electrons. The van der Waals surface area contributed by atoms with Crippen LogP contribution >= 0.6 is 0 Å². The number of aliphatic hydroxyl groups is 1. The first-order valence-electron chi connectivity index (χ1n) is 6.09. The first-order chi connectivity index (χ1) is 7.45. The molecule has 1 atom stereocenters. The van der Waals surface area contributed by atoms with E-state index < -0.39 is 0 Å². The highest BCUT2D eigenvalue weighted by Crippen LogP contribution is 2.20. The molecular weight excluding hydrogens is 204 g/mol. The van der Waals surface area contributed by atoms with Crippen molar-refractivity contribution in [2.75, 3.05) is 26.2 Å². The van der Waals surface area contributed by atoms with Crippen LogP contribution in [0.15, 0.2) is 0 Å². The van der Waals surface area contributed by atoms with Crippen molar-refractivity contribution < 1.29 is 9.90 Å². The molecule has 16 heavy (non-hydrogen) atoms. The number of piperidine rings is 1. The Morgan fingerprint density at radius 3 is 2.75 bits per heavy atom. The van der Waals surface area contributed by atoms with Crippen molar-refractivity contribution in [2.45, 2.75) is 39.7 Å². The van der Waals surface area contributed by atoms with Gasteiger partial charge in [-0.2, -0.15) is 0 Å². The van der Waals surface area contributed by atoms with Gasteiger partial charge in [-0.3, -0.25) is 4.79 Å². The van der Waals surface area contributed by atoms with Crippen LogP contribution in [0.1, 0.15) is 33.6 Å². The number of carbonyl (C=O) groups is 1. The molecule has 0 saturated carbocycles. The summed E-state index contributed by atoms with van der Waals surface area (Å²) in [6.45, 7) is 8.29.